The van der Waals surface area contributed by atoms with Gasteiger partial charge in [0.2, 0.25) is 0 Å². The van der Waals surface area contributed by atoms with E-state index in [4.69, 9.17) is 4.98 Å². The first-order chi connectivity index (χ1) is 12.1. The Kier molecular flexibility index (Phi) is 4.06. The highest BCUT2D eigenvalue weighted by atomic mass is 32.1. The minimum Gasteiger partial charge on any atom is -0.357 e. The van der Waals surface area contributed by atoms with E-state index < -0.39 is 0 Å². The highest BCUT2D eigenvalue weighted by molar-refractivity contribution is 7.14. The van der Waals surface area contributed by atoms with Crippen LogP contribution in [0.25, 0.3) is 22.2 Å². The molecule has 0 spiro atoms. The second-order valence-corrected chi connectivity index (χ2v) is 7.28. The summed E-state index contributed by atoms with van der Waals surface area (Å²) in [6.07, 6.45) is 0. The average molecular weight is 347 g/mol. The second kappa shape index (κ2) is 6.37. The van der Waals surface area contributed by atoms with Crippen LogP contribution in [0.2, 0.25) is 0 Å². The molecule has 25 heavy (non-hydrogen) atoms. The summed E-state index contributed by atoms with van der Waals surface area (Å²) in [5, 5.41) is 7.83. The molecular formula is C21H21N3S. The molecule has 0 unspecified atom stereocenters. The molecule has 0 amide bonds. The fourth-order valence-electron chi connectivity index (χ4n) is 3.25. The summed E-state index contributed by atoms with van der Waals surface area (Å²) in [5.74, 6) is 0. The number of benzene rings is 2. The monoisotopic (exact) mass is 347 g/mol. The van der Waals surface area contributed by atoms with Gasteiger partial charge >= 0.3 is 0 Å². The molecule has 126 valence electrons. The van der Waals surface area contributed by atoms with Crippen LogP contribution in [0.4, 0.5) is 5.13 Å². The molecule has 0 saturated carbocycles. The summed E-state index contributed by atoms with van der Waals surface area (Å²) in [7, 11) is 2.12. The molecule has 0 saturated heterocycles. The third-order valence-electron chi connectivity index (χ3n) is 4.69. The summed E-state index contributed by atoms with van der Waals surface area (Å²) < 4.78 is 2.25. The maximum atomic E-state index is 4.84. The van der Waals surface area contributed by atoms with Crippen LogP contribution in [0, 0.1) is 13.8 Å². The van der Waals surface area contributed by atoms with Crippen LogP contribution in [0.15, 0.2) is 53.9 Å². The molecule has 0 fully saturated rings. The van der Waals surface area contributed by atoms with Gasteiger partial charge in [0, 0.05) is 41.1 Å². The van der Waals surface area contributed by atoms with E-state index in [1.54, 1.807) is 11.3 Å². The number of hydrogen-bond acceptors (Lipinski definition) is 3. The Morgan fingerprint density at radius 2 is 1.88 bits per heavy atom. The van der Waals surface area contributed by atoms with Gasteiger partial charge in [0.25, 0.3) is 0 Å². The quantitative estimate of drug-likeness (QED) is 0.526. The van der Waals surface area contributed by atoms with E-state index in [0.717, 1.165) is 17.4 Å². The maximum absolute atomic E-state index is 4.84. The standard InChI is InChI=1S/C21H21N3S/c1-14-9-10-19-17(11-14)20(15(2)24(19)3)18-13-25-21(23-18)22-12-16-7-5-4-6-8-16/h4-11,13H,12H2,1-3H3,(H,22,23). The summed E-state index contributed by atoms with van der Waals surface area (Å²) in [5.41, 5.74) is 7.33. The molecule has 4 rings (SSSR count). The first kappa shape index (κ1) is 15.9. The summed E-state index contributed by atoms with van der Waals surface area (Å²) >= 11 is 1.66. The van der Waals surface area contributed by atoms with Gasteiger partial charge in [-0.3, -0.25) is 0 Å². The van der Waals surface area contributed by atoms with Crippen molar-refractivity contribution in [2.75, 3.05) is 5.32 Å². The van der Waals surface area contributed by atoms with E-state index in [1.165, 1.54) is 33.3 Å². The summed E-state index contributed by atoms with van der Waals surface area (Å²) in [4.78, 5) is 4.84. The predicted molar refractivity (Wildman–Crippen MR) is 107 cm³/mol. The molecule has 4 aromatic rings. The minimum atomic E-state index is 0.793. The Bertz CT molecular complexity index is 1030. The third kappa shape index (κ3) is 2.94. The Labute approximate surface area is 152 Å². The molecule has 0 atom stereocenters. The molecule has 0 bridgehead atoms. The first-order valence-corrected chi connectivity index (χ1v) is 9.31. The highest BCUT2D eigenvalue weighted by Gasteiger charge is 2.16. The maximum Gasteiger partial charge on any atom is 0.183 e. The van der Waals surface area contributed by atoms with E-state index in [2.05, 4.69) is 78.6 Å². The number of rotatable bonds is 4. The van der Waals surface area contributed by atoms with Crippen molar-refractivity contribution in [3.8, 4) is 11.3 Å². The fourth-order valence-corrected chi connectivity index (χ4v) is 3.95. The molecule has 2 aromatic carbocycles. The lowest BCUT2D eigenvalue weighted by atomic mass is 10.1. The van der Waals surface area contributed by atoms with Crippen molar-refractivity contribution >= 4 is 27.4 Å². The lowest BCUT2D eigenvalue weighted by Gasteiger charge is -2.02. The van der Waals surface area contributed by atoms with E-state index in [1.807, 2.05) is 6.07 Å². The molecule has 0 aliphatic carbocycles. The number of nitrogens with zero attached hydrogens (tertiary/aromatic N) is 2. The Morgan fingerprint density at radius 1 is 1.08 bits per heavy atom. The zero-order valence-corrected chi connectivity index (χ0v) is 15.5. The lowest BCUT2D eigenvalue weighted by Crippen LogP contribution is -1.98. The molecule has 3 nitrogen and oxygen atoms in total. The Morgan fingerprint density at radius 3 is 2.68 bits per heavy atom. The number of nitrogens with one attached hydrogen (secondary N) is 1. The second-order valence-electron chi connectivity index (χ2n) is 6.42. The predicted octanol–water partition coefficient (Wildman–Crippen LogP) is 5.53. The van der Waals surface area contributed by atoms with Crippen LogP contribution < -0.4 is 5.32 Å². The normalized spacial score (nSPS) is 11.2. The molecule has 0 radical (unpaired) electrons. The first-order valence-electron chi connectivity index (χ1n) is 8.43. The largest absolute Gasteiger partial charge is 0.357 e. The van der Waals surface area contributed by atoms with Gasteiger partial charge in [0.05, 0.1) is 5.69 Å². The fraction of sp³-hybridized carbons (Fsp3) is 0.190. The SMILES string of the molecule is Cc1ccc2c(c1)c(-c1csc(NCc3ccccc3)n1)c(C)n2C. The van der Waals surface area contributed by atoms with Crippen LogP contribution in [-0.2, 0) is 13.6 Å². The molecular weight excluding hydrogens is 326 g/mol. The van der Waals surface area contributed by atoms with Crippen molar-refractivity contribution in [2.45, 2.75) is 20.4 Å². The smallest absolute Gasteiger partial charge is 0.183 e. The van der Waals surface area contributed by atoms with Crippen LogP contribution in [0.5, 0.6) is 0 Å². The summed E-state index contributed by atoms with van der Waals surface area (Å²) in [6, 6.07) is 17.0. The summed E-state index contributed by atoms with van der Waals surface area (Å²) in [6.45, 7) is 5.10. The van der Waals surface area contributed by atoms with Gasteiger partial charge in [-0.15, -0.1) is 11.3 Å². The zero-order valence-electron chi connectivity index (χ0n) is 14.7. The molecule has 1 N–H and O–H groups in total. The third-order valence-corrected chi connectivity index (χ3v) is 5.49. The van der Waals surface area contributed by atoms with Crippen molar-refractivity contribution in [2.24, 2.45) is 7.05 Å². The van der Waals surface area contributed by atoms with Gasteiger partial charge in [0.1, 0.15) is 0 Å². The van der Waals surface area contributed by atoms with Gasteiger partial charge < -0.3 is 9.88 Å². The van der Waals surface area contributed by atoms with Gasteiger partial charge in [-0.1, -0.05) is 42.0 Å². The average Bonchev–Trinajstić information content (AvgIpc) is 3.17. The minimum absolute atomic E-state index is 0.793. The van der Waals surface area contributed by atoms with Crippen LogP contribution in [-0.4, -0.2) is 9.55 Å². The molecule has 4 heteroatoms. The van der Waals surface area contributed by atoms with Gasteiger partial charge in [-0.05, 0) is 31.5 Å². The van der Waals surface area contributed by atoms with E-state index in [-0.39, 0.29) is 0 Å². The topological polar surface area (TPSA) is 29.9 Å². The highest BCUT2D eigenvalue weighted by Crippen LogP contribution is 2.36. The number of thiazole rings is 1. The van der Waals surface area contributed by atoms with Gasteiger partial charge in [-0.2, -0.15) is 0 Å². The van der Waals surface area contributed by atoms with E-state index in [9.17, 15) is 0 Å². The molecule has 0 aliphatic rings. The number of fused-ring (bicyclic) bond motifs is 1. The van der Waals surface area contributed by atoms with E-state index >= 15 is 0 Å². The molecule has 0 aliphatic heterocycles. The van der Waals surface area contributed by atoms with E-state index in [0.29, 0.717) is 0 Å². The molecule has 2 aromatic heterocycles. The van der Waals surface area contributed by atoms with Crippen molar-refractivity contribution in [3.63, 3.8) is 0 Å². The van der Waals surface area contributed by atoms with Crippen molar-refractivity contribution in [1.29, 1.82) is 0 Å². The molecule has 2 heterocycles. The van der Waals surface area contributed by atoms with Gasteiger partial charge in [0.15, 0.2) is 5.13 Å². The van der Waals surface area contributed by atoms with Crippen molar-refractivity contribution < 1.29 is 0 Å². The van der Waals surface area contributed by atoms with Crippen molar-refractivity contribution in [1.82, 2.24) is 9.55 Å². The lowest BCUT2D eigenvalue weighted by molar-refractivity contribution is 0.919. The van der Waals surface area contributed by atoms with Crippen LogP contribution in [0.1, 0.15) is 16.8 Å². The Hall–Kier alpha value is -2.59. The number of anilines is 1. The number of aryl methyl sites for hydroxylation is 2. The van der Waals surface area contributed by atoms with Crippen LogP contribution >= 0.6 is 11.3 Å². The zero-order chi connectivity index (χ0) is 17.4. The van der Waals surface area contributed by atoms with Crippen LogP contribution in [0.3, 0.4) is 0 Å². The van der Waals surface area contributed by atoms with Gasteiger partial charge in [-0.25, -0.2) is 4.98 Å². The van der Waals surface area contributed by atoms with Crippen molar-refractivity contribution in [3.05, 3.63) is 70.7 Å². The number of hydrogen-bond donors (Lipinski definition) is 1. The number of aromatic nitrogens is 2. The Balaban J connectivity index is 1.67.